The lowest BCUT2D eigenvalue weighted by molar-refractivity contribution is -0.136. The fraction of sp³-hybridized carbons (Fsp3) is 0.526. The van der Waals surface area contributed by atoms with Gasteiger partial charge in [-0.15, -0.1) is 5.10 Å². The summed E-state index contributed by atoms with van der Waals surface area (Å²) in [5.74, 6) is 1.58. The molecule has 126 valence electrons. The lowest BCUT2D eigenvalue weighted by Crippen LogP contribution is -2.50. The van der Waals surface area contributed by atoms with Crippen LogP contribution >= 0.6 is 0 Å². The van der Waals surface area contributed by atoms with E-state index in [1.165, 1.54) is 19.3 Å². The molecule has 2 heterocycles. The van der Waals surface area contributed by atoms with Crippen molar-refractivity contribution in [2.75, 3.05) is 31.1 Å². The van der Waals surface area contributed by atoms with Gasteiger partial charge in [0.15, 0.2) is 5.82 Å². The Balaban J connectivity index is 1.45. The number of hydrogen-bond donors (Lipinski definition) is 0. The van der Waals surface area contributed by atoms with Gasteiger partial charge in [-0.1, -0.05) is 43.5 Å². The number of aromatic nitrogens is 2. The summed E-state index contributed by atoms with van der Waals surface area (Å²) in [5.41, 5.74) is 0. The van der Waals surface area contributed by atoms with Crippen LogP contribution in [0.15, 0.2) is 30.5 Å². The molecule has 1 saturated carbocycles. The Bertz CT molecular complexity index is 713. The number of fused-ring (bicyclic) bond motifs is 1. The number of carbonyl (C=O) groups excluding carboxylic acids is 1. The van der Waals surface area contributed by atoms with Gasteiger partial charge in [-0.05, 0) is 12.8 Å². The normalized spacial score (nSPS) is 19.7. The second-order valence-electron chi connectivity index (χ2n) is 6.90. The molecule has 2 fully saturated rings. The Hall–Kier alpha value is -2.17. The first-order chi connectivity index (χ1) is 11.8. The molecule has 1 aliphatic carbocycles. The lowest BCUT2D eigenvalue weighted by atomic mass is 9.88. The van der Waals surface area contributed by atoms with Crippen LogP contribution in [0.3, 0.4) is 0 Å². The second-order valence-corrected chi connectivity index (χ2v) is 6.90. The third-order valence-electron chi connectivity index (χ3n) is 5.40. The summed E-state index contributed by atoms with van der Waals surface area (Å²) >= 11 is 0. The van der Waals surface area contributed by atoms with Gasteiger partial charge in [-0.3, -0.25) is 4.79 Å². The summed E-state index contributed by atoms with van der Waals surface area (Å²) in [6, 6.07) is 8.22. The molecule has 1 amide bonds. The largest absolute Gasteiger partial charge is 0.351 e. The molecule has 1 aromatic carbocycles. The molecule has 1 aliphatic heterocycles. The number of piperazine rings is 1. The SMILES string of the molecule is O=C(C1CCCCC1)N1CCN(c2nncc3ccccc23)CC1. The molecule has 4 rings (SSSR count). The van der Waals surface area contributed by atoms with Crippen molar-refractivity contribution >= 4 is 22.5 Å². The first-order valence-corrected chi connectivity index (χ1v) is 9.07. The van der Waals surface area contributed by atoms with E-state index in [2.05, 4.69) is 32.1 Å². The molecule has 24 heavy (non-hydrogen) atoms. The minimum Gasteiger partial charge on any atom is -0.351 e. The maximum absolute atomic E-state index is 12.7. The molecular weight excluding hydrogens is 300 g/mol. The average Bonchev–Trinajstić information content (AvgIpc) is 2.68. The topological polar surface area (TPSA) is 49.3 Å². The Morgan fingerprint density at radius 3 is 2.54 bits per heavy atom. The molecule has 5 heteroatoms. The second kappa shape index (κ2) is 6.75. The maximum atomic E-state index is 12.7. The fourth-order valence-electron chi connectivity index (χ4n) is 3.99. The number of rotatable bonds is 2. The van der Waals surface area contributed by atoms with Gasteiger partial charge in [0.1, 0.15) is 0 Å². The molecule has 2 aliphatic rings. The van der Waals surface area contributed by atoms with E-state index in [-0.39, 0.29) is 5.92 Å². The standard InChI is InChI=1S/C19H24N4O/c24-19(15-6-2-1-3-7-15)23-12-10-22(11-13-23)18-17-9-5-4-8-16(17)14-20-21-18/h4-5,8-9,14-15H,1-3,6-7,10-13H2. The third kappa shape index (κ3) is 2.95. The molecule has 0 spiro atoms. The van der Waals surface area contributed by atoms with Crippen molar-refractivity contribution < 1.29 is 4.79 Å². The molecule has 2 aromatic rings. The molecule has 5 nitrogen and oxygen atoms in total. The average molecular weight is 324 g/mol. The van der Waals surface area contributed by atoms with Crippen LogP contribution in [0.4, 0.5) is 5.82 Å². The Labute approximate surface area is 142 Å². The summed E-state index contributed by atoms with van der Waals surface area (Å²) in [5, 5.41) is 10.8. The molecule has 0 N–H and O–H groups in total. The van der Waals surface area contributed by atoms with Crippen LogP contribution in [0.25, 0.3) is 10.8 Å². The van der Waals surface area contributed by atoms with E-state index in [1.54, 1.807) is 0 Å². The first-order valence-electron chi connectivity index (χ1n) is 9.07. The zero-order chi connectivity index (χ0) is 16.4. The number of benzene rings is 1. The molecule has 1 aromatic heterocycles. The molecule has 0 bridgehead atoms. The summed E-state index contributed by atoms with van der Waals surface area (Å²) in [4.78, 5) is 17.0. The van der Waals surface area contributed by atoms with Gasteiger partial charge in [0, 0.05) is 42.9 Å². The van der Waals surface area contributed by atoms with E-state index < -0.39 is 0 Å². The summed E-state index contributed by atoms with van der Waals surface area (Å²) in [6.45, 7) is 3.25. The number of hydrogen-bond acceptors (Lipinski definition) is 4. The minimum atomic E-state index is 0.266. The number of amides is 1. The van der Waals surface area contributed by atoms with Crippen LogP contribution in [0, 0.1) is 5.92 Å². The van der Waals surface area contributed by atoms with Gasteiger partial charge in [0.2, 0.25) is 5.91 Å². The Morgan fingerprint density at radius 2 is 1.75 bits per heavy atom. The van der Waals surface area contributed by atoms with Crippen LogP contribution < -0.4 is 4.90 Å². The first kappa shape index (κ1) is 15.4. The van der Waals surface area contributed by atoms with Crippen LogP contribution in [0.1, 0.15) is 32.1 Å². The Morgan fingerprint density at radius 1 is 1.00 bits per heavy atom. The van der Waals surface area contributed by atoms with E-state index in [4.69, 9.17) is 0 Å². The maximum Gasteiger partial charge on any atom is 0.225 e. The summed E-state index contributed by atoms with van der Waals surface area (Å²) in [7, 11) is 0. The van der Waals surface area contributed by atoms with Gasteiger partial charge in [-0.2, -0.15) is 5.10 Å². The number of anilines is 1. The fourth-order valence-corrected chi connectivity index (χ4v) is 3.99. The molecule has 0 atom stereocenters. The van der Waals surface area contributed by atoms with Gasteiger partial charge in [0.05, 0.1) is 6.20 Å². The highest BCUT2D eigenvalue weighted by molar-refractivity contribution is 5.91. The summed E-state index contributed by atoms with van der Waals surface area (Å²) in [6.07, 6.45) is 7.67. The monoisotopic (exact) mass is 324 g/mol. The predicted molar refractivity (Wildman–Crippen MR) is 94.9 cm³/mol. The Kier molecular flexibility index (Phi) is 4.32. The van der Waals surface area contributed by atoms with Crippen molar-refractivity contribution in [2.45, 2.75) is 32.1 Å². The van der Waals surface area contributed by atoms with E-state index in [1.807, 2.05) is 18.3 Å². The quantitative estimate of drug-likeness (QED) is 0.852. The molecule has 1 saturated heterocycles. The zero-order valence-electron chi connectivity index (χ0n) is 14.0. The van der Waals surface area contributed by atoms with Gasteiger partial charge in [0.25, 0.3) is 0 Å². The highest BCUT2D eigenvalue weighted by atomic mass is 16.2. The number of nitrogens with zero attached hydrogens (tertiary/aromatic N) is 4. The summed E-state index contributed by atoms with van der Waals surface area (Å²) < 4.78 is 0. The smallest absolute Gasteiger partial charge is 0.225 e. The van der Waals surface area contributed by atoms with Crippen LogP contribution in [0.2, 0.25) is 0 Å². The van der Waals surface area contributed by atoms with Crippen molar-refractivity contribution in [3.63, 3.8) is 0 Å². The van der Waals surface area contributed by atoms with E-state index in [9.17, 15) is 4.79 Å². The van der Waals surface area contributed by atoms with Crippen molar-refractivity contribution in [3.8, 4) is 0 Å². The molecule has 0 radical (unpaired) electrons. The van der Waals surface area contributed by atoms with E-state index in [0.717, 1.165) is 55.6 Å². The van der Waals surface area contributed by atoms with E-state index in [0.29, 0.717) is 5.91 Å². The van der Waals surface area contributed by atoms with Crippen molar-refractivity contribution in [2.24, 2.45) is 5.92 Å². The highest BCUT2D eigenvalue weighted by Crippen LogP contribution is 2.27. The van der Waals surface area contributed by atoms with E-state index >= 15 is 0 Å². The van der Waals surface area contributed by atoms with Crippen molar-refractivity contribution in [1.29, 1.82) is 0 Å². The van der Waals surface area contributed by atoms with Crippen LogP contribution in [0.5, 0.6) is 0 Å². The highest BCUT2D eigenvalue weighted by Gasteiger charge is 2.29. The molecule has 0 unspecified atom stereocenters. The van der Waals surface area contributed by atoms with Gasteiger partial charge < -0.3 is 9.80 Å². The van der Waals surface area contributed by atoms with Gasteiger partial charge in [-0.25, -0.2) is 0 Å². The zero-order valence-corrected chi connectivity index (χ0v) is 14.0. The van der Waals surface area contributed by atoms with Gasteiger partial charge >= 0.3 is 0 Å². The van der Waals surface area contributed by atoms with Crippen molar-refractivity contribution in [3.05, 3.63) is 30.5 Å². The third-order valence-corrected chi connectivity index (χ3v) is 5.40. The lowest BCUT2D eigenvalue weighted by Gasteiger charge is -2.37. The minimum absolute atomic E-state index is 0.266. The van der Waals surface area contributed by atoms with Crippen LogP contribution in [-0.4, -0.2) is 47.2 Å². The predicted octanol–water partition coefficient (Wildman–Crippen LogP) is 2.86. The molecular formula is C19H24N4O. The number of carbonyl (C=O) groups is 1. The van der Waals surface area contributed by atoms with Crippen molar-refractivity contribution in [1.82, 2.24) is 15.1 Å². The van der Waals surface area contributed by atoms with Crippen LogP contribution in [-0.2, 0) is 4.79 Å².